The van der Waals surface area contributed by atoms with Gasteiger partial charge in [-0.1, -0.05) is 17.7 Å². The molecular weight excluding hydrogens is 499 g/mol. The van der Waals surface area contributed by atoms with Gasteiger partial charge >= 0.3 is 6.03 Å². The Bertz CT molecular complexity index is 1300. The highest BCUT2D eigenvalue weighted by Crippen LogP contribution is 2.55. The number of halogens is 2. The van der Waals surface area contributed by atoms with E-state index in [1.807, 2.05) is 0 Å². The SMILES string of the molecule is NC(=O)N1C(=O)C2CC=C3C(c4ccc(O)c(F)c4)C4=C(CC3C2C1=O)C(=O)C(Br)=CC4=O. The van der Waals surface area contributed by atoms with Crippen molar-refractivity contribution in [3.63, 3.8) is 0 Å². The van der Waals surface area contributed by atoms with Crippen molar-refractivity contribution in [2.45, 2.75) is 18.8 Å². The fourth-order valence-corrected chi connectivity index (χ4v) is 5.95. The quantitative estimate of drug-likeness (QED) is 0.335. The maximum atomic E-state index is 14.3. The van der Waals surface area contributed by atoms with E-state index in [1.165, 1.54) is 6.07 Å². The summed E-state index contributed by atoms with van der Waals surface area (Å²) in [6.07, 6.45) is 3.03. The van der Waals surface area contributed by atoms with Gasteiger partial charge in [0.05, 0.1) is 16.3 Å². The van der Waals surface area contributed by atoms with E-state index in [-0.39, 0.29) is 28.5 Å². The van der Waals surface area contributed by atoms with Crippen molar-refractivity contribution < 1.29 is 33.5 Å². The van der Waals surface area contributed by atoms with Gasteiger partial charge < -0.3 is 10.8 Å². The molecule has 0 radical (unpaired) electrons. The lowest BCUT2D eigenvalue weighted by Crippen LogP contribution is -2.42. The van der Waals surface area contributed by atoms with Crippen molar-refractivity contribution >= 4 is 45.3 Å². The summed E-state index contributed by atoms with van der Waals surface area (Å²) >= 11 is 3.11. The van der Waals surface area contributed by atoms with Crippen LogP contribution in [0.2, 0.25) is 0 Å². The number of nitrogens with two attached hydrogens (primary N) is 1. The van der Waals surface area contributed by atoms with Crippen LogP contribution in [-0.4, -0.2) is 39.4 Å². The topological polar surface area (TPSA) is 135 Å². The number of phenolic OH excluding ortho intramolecular Hbond substituents is 1. The molecule has 10 heteroatoms. The van der Waals surface area contributed by atoms with Crippen molar-refractivity contribution in [1.29, 1.82) is 0 Å². The molecule has 0 spiro atoms. The van der Waals surface area contributed by atoms with E-state index < -0.39 is 64.7 Å². The molecular formula is C23H16BrFN2O6. The van der Waals surface area contributed by atoms with Crippen LogP contribution in [0.25, 0.3) is 0 Å². The van der Waals surface area contributed by atoms with Crippen LogP contribution in [0.3, 0.4) is 0 Å². The Morgan fingerprint density at radius 3 is 2.55 bits per heavy atom. The number of ketones is 2. The van der Waals surface area contributed by atoms with Crippen LogP contribution in [-0.2, 0) is 19.2 Å². The molecule has 33 heavy (non-hydrogen) atoms. The minimum Gasteiger partial charge on any atom is -0.505 e. The molecule has 1 aromatic carbocycles. The number of allylic oxidation sites excluding steroid dienone is 6. The fraction of sp³-hybridized carbons (Fsp3) is 0.261. The number of nitrogens with zero attached hydrogens (tertiary/aromatic N) is 1. The number of fused-ring (bicyclic) bond motifs is 3. The van der Waals surface area contributed by atoms with Crippen molar-refractivity contribution in [1.82, 2.24) is 4.90 Å². The van der Waals surface area contributed by atoms with E-state index in [0.717, 1.165) is 18.2 Å². The molecule has 0 saturated carbocycles. The average Bonchev–Trinajstić information content (AvgIpc) is 3.03. The van der Waals surface area contributed by atoms with Gasteiger partial charge in [0.1, 0.15) is 0 Å². The summed E-state index contributed by atoms with van der Waals surface area (Å²) in [4.78, 5) is 63.9. The van der Waals surface area contributed by atoms with Crippen LogP contribution in [0.1, 0.15) is 24.3 Å². The van der Waals surface area contributed by atoms with E-state index in [4.69, 9.17) is 5.73 Å². The summed E-state index contributed by atoms with van der Waals surface area (Å²) in [5.74, 6) is -7.02. The smallest absolute Gasteiger partial charge is 0.328 e. The minimum atomic E-state index is -1.16. The van der Waals surface area contributed by atoms with E-state index in [2.05, 4.69) is 15.9 Å². The average molecular weight is 515 g/mol. The molecule has 4 unspecified atom stereocenters. The van der Waals surface area contributed by atoms with E-state index in [0.29, 0.717) is 16.0 Å². The van der Waals surface area contributed by atoms with Crippen LogP contribution < -0.4 is 5.73 Å². The first-order valence-electron chi connectivity index (χ1n) is 10.2. The first-order chi connectivity index (χ1) is 15.6. The van der Waals surface area contributed by atoms with Gasteiger partial charge in [-0.25, -0.2) is 9.18 Å². The number of phenols is 1. The van der Waals surface area contributed by atoms with Gasteiger partial charge in [-0.15, -0.1) is 0 Å². The van der Waals surface area contributed by atoms with E-state index in [9.17, 15) is 33.5 Å². The number of rotatable bonds is 1. The Morgan fingerprint density at radius 1 is 1.15 bits per heavy atom. The van der Waals surface area contributed by atoms with E-state index in [1.54, 1.807) is 6.08 Å². The second-order valence-corrected chi connectivity index (χ2v) is 9.31. The third-order valence-corrected chi connectivity index (χ3v) is 7.45. The molecule has 1 saturated heterocycles. The molecule has 1 aliphatic heterocycles. The summed E-state index contributed by atoms with van der Waals surface area (Å²) in [7, 11) is 0. The monoisotopic (exact) mass is 514 g/mol. The maximum absolute atomic E-state index is 14.3. The molecule has 5 rings (SSSR count). The Balaban J connectivity index is 1.70. The lowest BCUT2D eigenvalue weighted by molar-refractivity contribution is -0.136. The zero-order valence-electron chi connectivity index (χ0n) is 16.9. The summed E-state index contributed by atoms with van der Waals surface area (Å²) < 4.78 is 14.3. The first kappa shape index (κ1) is 21.4. The fourth-order valence-electron chi connectivity index (χ4n) is 5.51. The van der Waals surface area contributed by atoms with E-state index >= 15 is 0 Å². The molecule has 1 heterocycles. The number of benzene rings is 1. The molecule has 4 amide bonds. The summed E-state index contributed by atoms with van der Waals surface area (Å²) in [6.45, 7) is 0. The van der Waals surface area contributed by atoms with Gasteiger partial charge in [0.2, 0.25) is 11.8 Å². The number of imide groups is 3. The number of carbonyl (C=O) groups excluding carboxylic acids is 5. The Kier molecular flexibility index (Phi) is 4.75. The van der Waals surface area contributed by atoms with Gasteiger partial charge in [0, 0.05) is 23.1 Å². The molecule has 8 nitrogen and oxygen atoms in total. The summed E-state index contributed by atoms with van der Waals surface area (Å²) in [6, 6.07) is 2.53. The van der Waals surface area contributed by atoms with Gasteiger partial charge in [-0.3, -0.25) is 19.2 Å². The standard InChI is InChI=1S/C23H16BrFN2O6/c24-13-7-16(29)19-12(20(13)30)6-11-9(17(19)8-1-4-15(28)14(25)5-8)2-3-10-18(11)22(32)27(21(10)31)23(26)33/h1-2,4-5,7,10-11,17-18,28H,3,6H2,(H2,26,33). The molecule has 3 N–H and O–H groups in total. The van der Waals surface area contributed by atoms with Gasteiger partial charge in [-0.05, 0) is 52.4 Å². The number of aromatic hydroxyl groups is 1. The predicted molar refractivity (Wildman–Crippen MR) is 114 cm³/mol. The maximum Gasteiger partial charge on any atom is 0.328 e. The Labute approximate surface area is 194 Å². The zero-order valence-corrected chi connectivity index (χ0v) is 18.5. The number of carbonyl (C=O) groups is 5. The largest absolute Gasteiger partial charge is 0.505 e. The van der Waals surface area contributed by atoms with Crippen LogP contribution in [0.4, 0.5) is 9.18 Å². The molecule has 0 bridgehead atoms. The summed E-state index contributed by atoms with van der Waals surface area (Å²) in [5, 5.41) is 9.63. The number of hydrogen-bond donors (Lipinski definition) is 2. The van der Waals surface area contributed by atoms with Crippen molar-refractivity contribution in [2.75, 3.05) is 0 Å². The van der Waals surface area contributed by atoms with Crippen molar-refractivity contribution in [3.05, 3.63) is 62.9 Å². The highest BCUT2D eigenvalue weighted by molar-refractivity contribution is 9.12. The van der Waals surface area contributed by atoms with Crippen LogP contribution >= 0.6 is 15.9 Å². The number of Topliss-reactive ketones (excluding diaryl/α,β-unsaturated/α-hetero) is 1. The molecule has 4 atom stereocenters. The summed E-state index contributed by atoms with van der Waals surface area (Å²) in [5.41, 5.74) is 6.53. The number of urea groups is 1. The normalized spacial score (nSPS) is 28.8. The van der Waals surface area contributed by atoms with Crippen LogP contribution in [0.15, 0.2) is 51.6 Å². The molecule has 168 valence electrons. The molecule has 0 aromatic heterocycles. The van der Waals surface area contributed by atoms with Gasteiger partial charge in [0.25, 0.3) is 0 Å². The highest BCUT2D eigenvalue weighted by Gasteiger charge is 2.57. The lowest BCUT2D eigenvalue weighted by atomic mass is 9.59. The molecule has 4 aliphatic rings. The molecule has 1 fully saturated rings. The van der Waals surface area contributed by atoms with Crippen molar-refractivity contribution in [2.24, 2.45) is 23.5 Å². The van der Waals surface area contributed by atoms with Crippen LogP contribution in [0, 0.1) is 23.6 Å². The van der Waals surface area contributed by atoms with Crippen LogP contribution in [0.5, 0.6) is 5.75 Å². The third-order valence-electron chi connectivity index (χ3n) is 6.86. The third kappa shape index (κ3) is 2.97. The second kappa shape index (κ2) is 7.31. The molecule has 1 aromatic rings. The number of hydrogen-bond acceptors (Lipinski definition) is 6. The molecule has 3 aliphatic carbocycles. The number of amides is 4. The lowest BCUT2D eigenvalue weighted by Gasteiger charge is -2.42. The highest BCUT2D eigenvalue weighted by atomic mass is 79.9. The number of likely N-dealkylation sites (tertiary alicyclic amines) is 1. The zero-order chi connectivity index (χ0) is 23.8. The first-order valence-corrected chi connectivity index (χ1v) is 11.0. The Hall–Kier alpha value is -3.40. The second-order valence-electron chi connectivity index (χ2n) is 8.45. The Morgan fingerprint density at radius 2 is 1.88 bits per heavy atom. The van der Waals surface area contributed by atoms with Gasteiger partial charge in [-0.2, -0.15) is 4.90 Å². The minimum absolute atomic E-state index is 0.0124. The number of primary amides is 1. The van der Waals surface area contributed by atoms with Crippen molar-refractivity contribution in [3.8, 4) is 5.75 Å². The van der Waals surface area contributed by atoms with Gasteiger partial charge in [0.15, 0.2) is 23.1 Å². The predicted octanol–water partition coefficient (Wildman–Crippen LogP) is 2.37.